The summed E-state index contributed by atoms with van der Waals surface area (Å²) in [5.74, 6) is 1.15. The van der Waals surface area contributed by atoms with E-state index < -0.39 is 0 Å². The average Bonchev–Trinajstić information content (AvgIpc) is 2.95. The van der Waals surface area contributed by atoms with Crippen molar-refractivity contribution in [1.82, 2.24) is 0 Å². The molecule has 4 heteroatoms. The van der Waals surface area contributed by atoms with Crippen molar-refractivity contribution < 1.29 is 19.4 Å². The van der Waals surface area contributed by atoms with Crippen molar-refractivity contribution in [1.29, 1.82) is 0 Å². The van der Waals surface area contributed by atoms with Crippen LogP contribution >= 0.6 is 0 Å². The molecule has 1 saturated carbocycles. The van der Waals surface area contributed by atoms with Gasteiger partial charge in [-0.3, -0.25) is 4.79 Å². The van der Waals surface area contributed by atoms with E-state index in [4.69, 9.17) is 4.74 Å². The maximum absolute atomic E-state index is 11.2. The molecular formula is C16H20O4. The van der Waals surface area contributed by atoms with Gasteiger partial charge < -0.3 is 14.6 Å². The molecule has 3 atom stereocenters. The molecule has 1 aromatic carbocycles. The zero-order valence-electron chi connectivity index (χ0n) is 11.7. The molecule has 0 amide bonds. The quantitative estimate of drug-likeness (QED) is 0.856. The number of aryl methyl sites for hydroxylation is 1. The van der Waals surface area contributed by atoms with Crippen molar-refractivity contribution in [2.45, 2.75) is 50.2 Å². The van der Waals surface area contributed by atoms with Crippen LogP contribution in [0.15, 0.2) is 18.2 Å². The maximum Gasteiger partial charge on any atom is 0.305 e. The Morgan fingerprint density at radius 3 is 3.10 bits per heavy atom. The zero-order valence-corrected chi connectivity index (χ0v) is 11.7. The summed E-state index contributed by atoms with van der Waals surface area (Å²) in [6, 6.07) is 6.21. The number of hydrogen-bond donors (Lipinski definition) is 1. The molecule has 1 aliphatic carbocycles. The summed E-state index contributed by atoms with van der Waals surface area (Å²) in [6.07, 6.45) is 3.43. The molecule has 0 radical (unpaired) electrons. The van der Waals surface area contributed by atoms with Crippen LogP contribution in [0, 0.1) is 0 Å². The lowest BCUT2D eigenvalue weighted by Crippen LogP contribution is -2.12. The van der Waals surface area contributed by atoms with Gasteiger partial charge in [-0.1, -0.05) is 18.2 Å². The number of aliphatic hydroxyl groups excluding tert-OH is 1. The van der Waals surface area contributed by atoms with Gasteiger partial charge in [0.1, 0.15) is 11.9 Å². The molecule has 1 aromatic rings. The van der Waals surface area contributed by atoms with Gasteiger partial charge in [-0.15, -0.1) is 0 Å². The highest BCUT2D eigenvalue weighted by Crippen LogP contribution is 2.48. The molecule has 0 aromatic heterocycles. The Labute approximate surface area is 118 Å². The molecule has 2 unspecified atom stereocenters. The minimum absolute atomic E-state index is 0.127. The number of aliphatic hydroxyl groups is 1. The largest absolute Gasteiger partial charge is 0.489 e. The summed E-state index contributed by atoms with van der Waals surface area (Å²) < 4.78 is 10.7. The van der Waals surface area contributed by atoms with Crippen LogP contribution in [0.3, 0.4) is 0 Å². The number of carbonyl (C=O) groups is 1. The van der Waals surface area contributed by atoms with Crippen molar-refractivity contribution in [2.24, 2.45) is 0 Å². The smallest absolute Gasteiger partial charge is 0.305 e. The fourth-order valence-corrected chi connectivity index (χ4v) is 3.34. The normalized spacial score (nSPS) is 26.8. The first-order valence-corrected chi connectivity index (χ1v) is 7.22. The fourth-order valence-electron chi connectivity index (χ4n) is 3.34. The number of fused-ring (bicyclic) bond motifs is 3. The third kappa shape index (κ3) is 2.40. The lowest BCUT2D eigenvalue weighted by Gasteiger charge is -2.11. The predicted molar refractivity (Wildman–Crippen MR) is 73.8 cm³/mol. The lowest BCUT2D eigenvalue weighted by molar-refractivity contribution is -0.140. The Bertz CT molecular complexity index is 511. The van der Waals surface area contributed by atoms with Crippen LogP contribution in [0.4, 0.5) is 0 Å². The van der Waals surface area contributed by atoms with Gasteiger partial charge in [0.2, 0.25) is 0 Å². The zero-order chi connectivity index (χ0) is 14.1. The number of rotatable bonds is 4. The molecule has 1 N–H and O–H groups in total. The molecule has 1 heterocycles. The van der Waals surface area contributed by atoms with Crippen LogP contribution in [-0.2, 0) is 16.0 Å². The van der Waals surface area contributed by atoms with Crippen LogP contribution in [0.5, 0.6) is 5.75 Å². The second kappa shape index (κ2) is 5.44. The summed E-state index contributed by atoms with van der Waals surface area (Å²) in [6.45, 7) is 0. The van der Waals surface area contributed by atoms with E-state index >= 15 is 0 Å². The highest BCUT2D eigenvalue weighted by Gasteiger charge is 2.42. The van der Waals surface area contributed by atoms with Gasteiger partial charge >= 0.3 is 5.97 Å². The molecule has 1 fully saturated rings. The number of hydrogen-bond acceptors (Lipinski definition) is 4. The van der Waals surface area contributed by atoms with E-state index in [9.17, 15) is 9.90 Å². The number of esters is 1. The number of ether oxygens (including phenoxy) is 2. The van der Waals surface area contributed by atoms with Crippen molar-refractivity contribution in [2.75, 3.05) is 7.11 Å². The number of benzene rings is 1. The van der Waals surface area contributed by atoms with Gasteiger partial charge in [0.15, 0.2) is 0 Å². The van der Waals surface area contributed by atoms with Gasteiger partial charge in [-0.2, -0.15) is 0 Å². The molecule has 4 nitrogen and oxygen atoms in total. The van der Waals surface area contributed by atoms with Gasteiger partial charge in [0.05, 0.1) is 13.2 Å². The topological polar surface area (TPSA) is 55.8 Å². The predicted octanol–water partition coefficient (Wildman–Crippen LogP) is 2.18. The van der Waals surface area contributed by atoms with Crippen molar-refractivity contribution in [3.63, 3.8) is 0 Å². The van der Waals surface area contributed by atoms with E-state index in [1.165, 1.54) is 12.7 Å². The summed E-state index contributed by atoms with van der Waals surface area (Å²) in [7, 11) is 1.41. The fraction of sp³-hybridized carbons (Fsp3) is 0.562. The molecule has 2 aliphatic rings. The second-order valence-electron chi connectivity index (χ2n) is 5.65. The molecular weight excluding hydrogens is 256 g/mol. The number of methoxy groups -OCH3 is 1. The van der Waals surface area contributed by atoms with Gasteiger partial charge in [-0.25, -0.2) is 0 Å². The average molecular weight is 276 g/mol. The van der Waals surface area contributed by atoms with Crippen LogP contribution in [0.25, 0.3) is 0 Å². The molecule has 0 saturated heterocycles. The standard InChI is InChI=1S/C16H20O4/c1-19-15(18)7-3-5-10-4-2-6-12-13-8-11(17)9-14(13)20-16(10)12/h2,4,6,11,13-14,17H,3,5,7-9H2,1H3/t11-,13?,14?/m0/s1. The van der Waals surface area contributed by atoms with E-state index in [0.29, 0.717) is 12.3 Å². The first kappa shape index (κ1) is 13.4. The Morgan fingerprint density at radius 2 is 2.30 bits per heavy atom. The Kier molecular flexibility index (Phi) is 3.66. The first-order chi connectivity index (χ1) is 9.69. The van der Waals surface area contributed by atoms with Crippen molar-refractivity contribution >= 4 is 5.97 Å². The van der Waals surface area contributed by atoms with Gasteiger partial charge in [-0.05, 0) is 24.8 Å². The summed E-state index contributed by atoms with van der Waals surface area (Å²) >= 11 is 0. The summed E-state index contributed by atoms with van der Waals surface area (Å²) in [5, 5.41) is 9.73. The van der Waals surface area contributed by atoms with Crippen molar-refractivity contribution in [3.8, 4) is 5.75 Å². The third-order valence-corrected chi connectivity index (χ3v) is 4.33. The SMILES string of the molecule is COC(=O)CCCc1cccc2c1OC1C[C@@H](O)CC21. The van der Waals surface area contributed by atoms with Gasteiger partial charge in [0, 0.05) is 24.3 Å². The Morgan fingerprint density at radius 1 is 1.45 bits per heavy atom. The van der Waals surface area contributed by atoms with E-state index in [0.717, 1.165) is 37.0 Å². The third-order valence-electron chi connectivity index (χ3n) is 4.33. The molecule has 20 heavy (non-hydrogen) atoms. The van der Waals surface area contributed by atoms with Crippen LogP contribution < -0.4 is 4.74 Å². The Balaban J connectivity index is 1.71. The highest BCUT2D eigenvalue weighted by molar-refractivity contribution is 5.69. The van der Waals surface area contributed by atoms with Crippen LogP contribution in [0.2, 0.25) is 0 Å². The number of para-hydroxylation sites is 1. The highest BCUT2D eigenvalue weighted by atomic mass is 16.5. The van der Waals surface area contributed by atoms with Gasteiger partial charge in [0.25, 0.3) is 0 Å². The number of carbonyl (C=O) groups excluding carboxylic acids is 1. The molecule has 1 aliphatic heterocycles. The van der Waals surface area contributed by atoms with E-state index in [1.54, 1.807) is 0 Å². The minimum atomic E-state index is -0.235. The molecule has 108 valence electrons. The maximum atomic E-state index is 11.2. The lowest BCUT2D eigenvalue weighted by atomic mass is 9.94. The summed E-state index contributed by atoms with van der Waals surface area (Å²) in [4.78, 5) is 11.2. The first-order valence-electron chi connectivity index (χ1n) is 7.22. The molecule has 3 rings (SSSR count). The van der Waals surface area contributed by atoms with Crippen LogP contribution in [-0.4, -0.2) is 30.4 Å². The second-order valence-corrected chi connectivity index (χ2v) is 5.65. The monoisotopic (exact) mass is 276 g/mol. The van der Waals surface area contributed by atoms with Crippen molar-refractivity contribution in [3.05, 3.63) is 29.3 Å². The molecule has 0 spiro atoms. The molecule has 0 bridgehead atoms. The van der Waals surface area contributed by atoms with E-state index in [2.05, 4.69) is 16.9 Å². The summed E-state index contributed by atoms with van der Waals surface area (Å²) in [5.41, 5.74) is 2.39. The van der Waals surface area contributed by atoms with Crippen LogP contribution in [0.1, 0.15) is 42.7 Å². The minimum Gasteiger partial charge on any atom is -0.489 e. The van der Waals surface area contributed by atoms with E-state index in [1.807, 2.05) is 6.07 Å². The Hall–Kier alpha value is -1.55. The van der Waals surface area contributed by atoms with E-state index in [-0.39, 0.29) is 18.2 Å².